The quantitative estimate of drug-likeness (QED) is 0.414. The fourth-order valence-electron chi connectivity index (χ4n) is 3.11. The van der Waals surface area contributed by atoms with Crippen LogP contribution >= 0.6 is 11.6 Å². The average molecular weight is 401 g/mol. The van der Waals surface area contributed by atoms with Crippen molar-refractivity contribution in [2.24, 2.45) is 0 Å². The molecule has 1 unspecified atom stereocenters. The van der Waals surface area contributed by atoms with Gasteiger partial charge in [0, 0.05) is 22.7 Å². The summed E-state index contributed by atoms with van der Waals surface area (Å²) in [5.41, 5.74) is -2.13. The molecular weight excluding hydrogens is 380 g/mol. The Morgan fingerprint density at radius 3 is 2.56 bits per heavy atom. The molecule has 0 spiro atoms. The topological polar surface area (TPSA) is 35.9 Å². The van der Waals surface area contributed by atoms with E-state index in [2.05, 4.69) is 11.9 Å². The van der Waals surface area contributed by atoms with Crippen molar-refractivity contribution in [2.45, 2.75) is 44.7 Å². The summed E-state index contributed by atoms with van der Waals surface area (Å²) in [6, 6.07) is 4.22. The number of alkyl halides is 3. The molecule has 2 N–H and O–H groups in total. The Bertz CT molecular complexity index is 804. The van der Waals surface area contributed by atoms with E-state index in [1.165, 1.54) is 24.4 Å². The van der Waals surface area contributed by atoms with E-state index in [1.807, 2.05) is 0 Å². The molecule has 27 heavy (non-hydrogen) atoms. The first-order valence-electron chi connectivity index (χ1n) is 8.38. The van der Waals surface area contributed by atoms with E-state index in [-0.39, 0.29) is 21.9 Å². The van der Waals surface area contributed by atoms with Gasteiger partial charge in [-0.3, -0.25) is 0 Å². The molecule has 0 heterocycles. The maximum atomic E-state index is 14.6. The van der Waals surface area contributed by atoms with Crippen molar-refractivity contribution in [1.29, 1.82) is 5.41 Å². The van der Waals surface area contributed by atoms with Gasteiger partial charge in [0.2, 0.25) is 0 Å². The second-order valence-electron chi connectivity index (χ2n) is 6.80. The maximum Gasteiger partial charge on any atom is 0.398 e. The van der Waals surface area contributed by atoms with E-state index >= 15 is 0 Å². The second-order valence-corrected chi connectivity index (χ2v) is 7.24. The van der Waals surface area contributed by atoms with Gasteiger partial charge in [0.25, 0.3) is 0 Å². The Balaban J connectivity index is 2.44. The molecule has 0 fully saturated rings. The van der Waals surface area contributed by atoms with E-state index in [1.54, 1.807) is 13.0 Å². The molecule has 0 saturated carbocycles. The average Bonchev–Trinajstić information content (AvgIpc) is 2.54. The third-order valence-electron chi connectivity index (χ3n) is 4.68. The van der Waals surface area contributed by atoms with Crippen LogP contribution in [-0.2, 0) is 5.41 Å². The van der Waals surface area contributed by atoms with Crippen LogP contribution in [0.1, 0.15) is 37.3 Å². The molecule has 0 saturated heterocycles. The van der Waals surface area contributed by atoms with E-state index < -0.39 is 29.6 Å². The van der Waals surface area contributed by atoms with Crippen molar-refractivity contribution in [1.82, 2.24) is 5.32 Å². The molecule has 7 heteroatoms. The van der Waals surface area contributed by atoms with Crippen molar-refractivity contribution in [3.05, 3.63) is 70.3 Å². The number of halogens is 5. The molecular formula is C20H21ClF4N2. The van der Waals surface area contributed by atoms with Crippen LogP contribution < -0.4 is 5.32 Å². The highest BCUT2D eigenvalue weighted by Crippen LogP contribution is 2.45. The van der Waals surface area contributed by atoms with Crippen molar-refractivity contribution >= 4 is 17.3 Å². The summed E-state index contributed by atoms with van der Waals surface area (Å²) >= 11 is 5.95. The number of hydrogen-bond acceptors (Lipinski definition) is 2. The molecule has 0 bridgehead atoms. The largest absolute Gasteiger partial charge is 0.398 e. The standard InChI is InChI=1S/C20H21ClF4N2/c1-4-27-17-7-5-6-15(18(17)22)16(26)11-19(3,20(23,24)25)13-8-12(2)9-14(21)10-13/h4,6,8-10,26-27H,1,5,7,11H2,2-3H3. The molecule has 0 aromatic heterocycles. The number of allylic oxidation sites excluding steroid dienone is 4. The lowest BCUT2D eigenvalue weighted by Gasteiger charge is -2.34. The van der Waals surface area contributed by atoms with Crippen LogP contribution in [0.5, 0.6) is 0 Å². The monoisotopic (exact) mass is 400 g/mol. The third kappa shape index (κ3) is 4.43. The Morgan fingerprint density at radius 1 is 1.33 bits per heavy atom. The second kappa shape index (κ2) is 7.89. The summed E-state index contributed by atoms with van der Waals surface area (Å²) in [4.78, 5) is 0. The summed E-state index contributed by atoms with van der Waals surface area (Å²) in [7, 11) is 0. The van der Waals surface area contributed by atoms with Crippen LogP contribution in [0, 0.1) is 12.3 Å². The molecule has 146 valence electrons. The maximum absolute atomic E-state index is 14.6. The van der Waals surface area contributed by atoms with Gasteiger partial charge in [0.05, 0.1) is 11.1 Å². The predicted octanol–water partition coefficient (Wildman–Crippen LogP) is 6.51. The summed E-state index contributed by atoms with van der Waals surface area (Å²) in [5, 5.41) is 11.0. The normalized spacial score (nSPS) is 17.2. The molecule has 1 atom stereocenters. The molecule has 1 aromatic carbocycles. The fourth-order valence-corrected chi connectivity index (χ4v) is 3.40. The van der Waals surface area contributed by atoms with Crippen LogP contribution in [0.2, 0.25) is 5.02 Å². The Hall–Kier alpha value is -2.08. The first-order valence-corrected chi connectivity index (χ1v) is 8.76. The molecule has 1 aliphatic rings. The molecule has 0 radical (unpaired) electrons. The zero-order valence-corrected chi connectivity index (χ0v) is 15.9. The minimum absolute atomic E-state index is 0.0463. The van der Waals surface area contributed by atoms with Gasteiger partial charge < -0.3 is 10.7 Å². The Kier molecular flexibility index (Phi) is 6.20. The highest BCUT2D eigenvalue weighted by atomic mass is 35.5. The van der Waals surface area contributed by atoms with Gasteiger partial charge in [0.15, 0.2) is 5.83 Å². The minimum Gasteiger partial charge on any atom is -0.363 e. The van der Waals surface area contributed by atoms with Gasteiger partial charge in [-0.25, -0.2) is 4.39 Å². The molecule has 1 aromatic rings. The van der Waals surface area contributed by atoms with Crippen molar-refractivity contribution in [3.8, 4) is 0 Å². The van der Waals surface area contributed by atoms with Gasteiger partial charge in [-0.1, -0.05) is 30.3 Å². The van der Waals surface area contributed by atoms with E-state index in [4.69, 9.17) is 17.0 Å². The van der Waals surface area contributed by atoms with Gasteiger partial charge in [0.1, 0.15) is 0 Å². The summed E-state index contributed by atoms with van der Waals surface area (Å²) in [5.74, 6) is -0.710. The molecule has 0 amide bonds. The first-order chi connectivity index (χ1) is 12.5. The number of rotatable bonds is 6. The van der Waals surface area contributed by atoms with Crippen LogP contribution in [0.15, 0.2) is 54.2 Å². The highest BCUT2D eigenvalue weighted by molar-refractivity contribution is 6.30. The van der Waals surface area contributed by atoms with Crippen LogP contribution in [-0.4, -0.2) is 11.9 Å². The zero-order valence-electron chi connectivity index (χ0n) is 15.1. The predicted molar refractivity (Wildman–Crippen MR) is 101 cm³/mol. The van der Waals surface area contributed by atoms with E-state index in [0.29, 0.717) is 18.4 Å². The number of hydrogen-bond donors (Lipinski definition) is 2. The van der Waals surface area contributed by atoms with Crippen molar-refractivity contribution in [2.75, 3.05) is 0 Å². The van der Waals surface area contributed by atoms with Crippen molar-refractivity contribution in [3.63, 3.8) is 0 Å². The Morgan fingerprint density at radius 2 is 2.00 bits per heavy atom. The van der Waals surface area contributed by atoms with Gasteiger partial charge >= 0.3 is 6.18 Å². The lowest BCUT2D eigenvalue weighted by atomic mass is 9.75. The summed E-state index contributed by atoms with van der Waals surface area (Å²) < 4.78 is 56.6. The Labute approximate surface area is 161 Å². The van der Waals surface area contributed by atoms with Gasteiger partial charge in [-0.05, 0) is 56.1 Å². The SMILES string of the molecule is C=CNC1=C(F)C(C(=N)CC(C)(c2cc(C)cc(Cl)c2)C(F)(F)F)=CCC1. The molecule has 1 aliphatic carbocycles. The minimum atomic E-state index is -4.64. The van der Waals surface area contributed by atoms with E-state index in [0.717, 1.165) is 6.92 Å². The fraction of sp³-hybridized carbons (Fsp3) is 0.350. The molecule has 0 aliphatic heterocycles. The third-order valence-corrected chi connectivity index (χ3v) is 4.90. The van der Waals surface area contributed by atoms with Gasteiger partial charge in [-0.2, -0.15) is 13.2 Å². The van der Waals surface area contributed by atoms with Crippen LogP contribution in [0.3, 0.4) is 0 Å². The lowest BCUT2D eigenvalue weighted by Crippen LogP contribution is -2.41. The molecule has 2 rings (SSSR count). The lowest BCUT2D eigenvalue weighted by molar-refractivity contribution is -0.183. The smallest absolute Gasteiger partial charge is 0.363 e. The number of nitrogens with one attached hydrogen (secondary N) is 2. The van der Waals surface area contributed by atoms with E-state index in [9.17, 15) is 17.6 Å². The summed E-state index contributed by atoms with van der Waals surface area (Å²) in [6.07, 6.45) is -1.77. The number of aryl methyl sites for hydroxylation is 1. The van der Waals surface area contributed by atoms with Gasteiger partial charge in [-0.15, -0.1) is 0 Å². The molecule has 2 nitrogen and oxygen atoms in total. The van der Waals surface area contributed by atoms with Crippen molar-refractivity contribution < 1.29 is 17.6 Å². The highest BCUT2D eigenvalue weighted by Gasteiger charge is 2.53. The van der Waals surface area contributed by atoms with Crippen LogP contribution in [0.4, 0.5) is 17.6 Å². The first kappa shape index (κ1) is 21.2. The number of benzene rings is 1. The summed E-state index contributed by atoms with van der Waals surface area (Å²) in [6.45, 7) is 6.12. The zero-order chi connectivity index (χ0) is 20.4. The van der Waals surface area contributed by atoms with Crippen LogP contribution in [0.25, 0.3) is 0 Å².